The van der Waals surface area contributed by atoms with Gasteiger partial charge in [-0.05, 0) is 202 Å². The van der Waals surface area contributed by atoms with E-state index in [1.165, 1.54) is 21.7 Å². The third kappa shape index (κ3) is 17.7. The molecule has 0 aliphatic carbocycles. The van der Waals surface area contributed by atoms with Gasteiger partial charge in [-0.2, -0.15) is 0 Å². The minimum Gasteiger partial charge on any atom is -0.435 e. The maximum atomic E-state index is 6.38. The van der Waals surface area contributed by atoms with Crippen molar-refractivity contribution in [2.75, 3.05) is 0 Å². The number of hydrogen-bond donors (Lipinski definition) is 0. The number of aromatic nitrogens is 12. The van der Waals surface area contributed by atoms with Gasteiger partial charge in [0.05, 0.1) is 0 Å². The van der Waals surface area contributed by atoms with E-state index in [0.29, 0.717) is 70.1 Å². The van der Waals surface area contributed by atoms with Crippen LogP contribution < -0.4 is 0 Å². The molecule has 6 heterocycles. The molecular weight excluding hydrogens is 1800 g/mol. The van der Waals surface area contributed by atoms with E-state index in [1.807, 2.05) is 182 Å². The molecule has 28 rings (SSSR count). The zero-order valence-electron chi connectivity index (χ0n) is 78.9. The first-order valence-corrected chi connectivity index (χ1v) is 48.7. The van der Waals surface area contributed by atoms with Crippen molar-refractivity contribution < 1.29 is 13.3 Å². The van der Waals surface area contributed by atoms with Gasteiger partial charge in [-0.15, -0.1) is 0 Å². The van der Waals surface area contributed by atoms with Crippen LogP contribution in [0, 0.1) is 0 Å². The standard InChI is InChI=1S/C46H28N4O.C44H28N4O.C42H26N4O/c1-2-11-32(12-3-1)46-47-41-24-23-31-19-20-36(28-40(31)42(41)51-46)35-15-8-16-37(27-35)43-48-44(38-21-17-29-9-4-6-13-33(29)25-38)50-45(49-43)39-22-18-30-10-5-7-14-34(30)26-39;1-4-11-29(12-5-1)30-19-22-33(23-20-30)42-46-41(32-13-6-2-7-14-32)47-43(48-42)37-18-10-17-35(27-37)36-24-21-31-25-26-39-40(38(31)28-36)49-44(45-39)34-15-8-3-9-16-34;1-3-11-29(12-4-1)39-44-40(46-41(45-39)35-21-18-27-10-7-8-15-31(27)24-35)34-17-9-16-32(25-34)33-20-19-28-22-23-37-38(36(28)26-33)47-42(43-37)30-13-5-2-6-14-30/h1-28H;1-28H;1-26H. The molecule has 688 valence electrons. The van der Waals surface area contributed by atoms with Gasteiger partial charge in [-0.1, -0.05) is 388 Å². The van der Waals surface area contributed by atoms with E-state index in [1.54, 1.807) is 0 Å². The predicted molar refractivity (Wildman–Crippen MR) is 594 cm³/mol. The molecule has 6 aromatic heterocycles. The summed E-state index contributed by atoms with van der Waals surface area (Å²) in [7, 11) is 0. The SMILES string of the molecule is c1ccc(-c2ccc(-c3nc(-c4ccccc4)nc(-c4cccc(-c5ccc6ccc7nc(-c8ccccc8)oc7c6c5)c4)n3)cc2)cc1.c1ccc(-c2nc(-c3cccc(-c4ccc5ccc6nc(-c7ccccc7)oc6c5c4)c3)nc(-c3ccc4ccccc4c3)n2)cc1.c1ccc(-c2nc3ccc4ccc(-c5cccc(-c6nc(-c7ccc8ccccc8c7)nc(-c7ccc8ccccc8c7)n6)c5)cc4c3o2)cc1. The summed E-state index contributed by atoms with van der Waals surface area (Å²) in [6.45, 7) is 0. The van der Waals surface area contributed by atoms with E-state index < -0.39 is 0 Å². The highest BCUT2D eigenvalue weighted by Crippen LogP contribution is 2.42. The van der Waals surface area contributed by atoms with Crippen LogP contribution in [0.5, 0.6) is 0 Å². The van der Waals surface area contributed by atoms with Crippen molar-refractivity contribution in [3.63, 3.8) is 0 Å². The van der Waals surface area contributed by atoms with Crippen molar-refractivity contribution in [1.82, 2.24) is 59.8 Å². The highest BCUT2D eigenvalue weighted by atomic mass is 16.4. The fourth-order valence-electron chi connectivity index (χ4n) is 19.2. The second-order valence-electron chi connectivity index (χ2n) is 36.2. The van der Waals surface area contributed by atoms with Gasteiger partial charge in [-0.3, -0.25) is 0 Å². The minimum atomic E-state index is 0.615. The Kier molecular flexibility index (Phi) is 22.6. The summed E-state index contributed by atoms with van der Waals surface area (Å²) >= 11 is 0. The predicted octanol–water partition coefficient (Wildman–Crippen LogP) is 33.6. The highest BCUT2D eigenvalue weighted by Gasteiger charge is 2.23. The minimum absolute atomic E-state index is 0.615. The largest absolute Gasteiger partial charge is 0.435 e. The van der Waals surface area contributed by atoms with Crippen molar-refractivity contribution in [3.8, 4) is 181 Å². The molecule has 0 N–H and O–H groups in total. The van der Waals surface area contributed by atoms with E-state index in [9.17, 15) is 0 Å². The maximum Gasteiger partial charge on any atom is 0.227 e. The molecule has 0 radical (unpaired) electrons. The number of hydrogen-bond acceptors (Lipinski definition) is 15. The Morgan fingerprint density at radius 1 is 0.109 bits per heavy atom. The summed E-state index contributed by atoms with van der Waals surface area (Å²) in [6.07, 6.45) is 0. The van der Waals surface area contributed by atoms with Crippen LogP contribution in [0.25, 0.3) is 279 Å². The summed E-state index contributed by atoms with van der Waals surface area (Å²) < 4.78 is 19.1. The lowest BCUT2D eigenvalue weighted by Gasteiger charge is -2.11. The first-order valence-electron chi connectivity index (χ1n) is 48.7. The van der Waals surface area contributed by atoms with Crippen molar-refractivity contribution >= 4 is 97.9 Å². The summed E-state index contributed by atoms with van der Waals surface area (Å²) in [4.78, 5) is 59.4. The topological polar surface area (TPSA) is 194 Å². The van der Waals surface area contributed by atoms with Crippen molar-refractivity contribution in [3.05, 3.63) is 497 Å². The Morgan fingerprint density at radius 2 is 0.293 bits per heavy atom. The van der Waals surface area contributed by atoms with Crippen LogP contribution >= 0.6 is 0 Å². The first-order chi connectivity index (χ1) is 72.7. The van der Waals surface area contributed by atoms with Crippen LogP contribution in [-0.4, -0.2) is 59.8 Å². The van der Waals surface area contributed by atoms with Crippen molar-refractivity contribution in [1.29, 1.82) is 0 Å². The zero-order chi connectivity index (χ0) is 97.5. The normalized spacial score (nSPS) is 11.4. The molecule has 28 aromatic rings. The number of nitrogens with zero attached hydrogens (tertiary/aromatic N) is 12. The van der Waals surface area contributed by atoms with Gasteiger partial charge in [0.1, 0.15) is 16.6 Å². The Hall–Kier alpha value is -20.2. The van der Waals surface area contributed by atoms with Gasteiger partial charge in [0.2, 0.25) is 17.7 Å². The fraction of sp³-hybridized carbons (Fsp3) is 0. The van der Waals surface area contributed by atoms with E-state index in [2.05, 4.69) is 315 Å². The van der Waals surface area contributed by atoms with Crippen molar-refractivity contribution in [2.24, 2.45) is 0 Å². The second kappa shape index (κ2) is 38.1. The molecule has 0 amide bonds. The summed E-state index contributed by atoms with van der Waals surface area (Å²) in [5.41, 5.74) is 24.7. The third-order valence-electron chi connectivity index (χ3n) is 26.8. The summed E-state index contributed by atoms with van der Waals surface area (Å²) in [5, 5.41) is 13.3. The first kappa shape index (κ1) is 87.1. The summed E-state index contributed by atoms with van der Waals surface area (Å²) in [6, 6.07) is 170. The quantitative estimate of drug-likeness (QED) is 0.0886. The van der Waals surface area contributed by atoms with E-state index in [0.717, 1.165) is 187 Å². The lowest BCUT2D eigenvalue weighted by atomic mass is 9.99. The number of oxazole rings is 3. The smallest absolute Gasteiger partial charge is 0.227 e. The molecule has 147 heavy (non-hydrogen) atoms. The van der Waals surface area contributed by atoms with Gasteiger partial charge < -0.3 is 13.3 Å². The maximum absolute atomic E-state index is 6.38. The number of benzene rings is 22. The van der Waals surface area contributed by atoms with Gasteiger partial charge in [0, 0.05) is 82.9 Å². The average molecular weight is 1880 g/mol. The molecule has 0 fully saturated rings. The molecule has 0 aliphatic heterocycles. The lowest BCUT2D eigenvalue weighted by molar-refractivity contribution is 0.622. The molecule has 0 atom stereocenters. The van der Waals surface area contributed by atoms with Gasteiger partial charge >= 0.3 is 0 Å². The Morgan fingerprint density at radius 3 is 0.585 bits per heavy atom. The molecule has 22 aromatic carbocycles. The Bertz CT molecular complexity index is 9780. The molecule has 0 unspecified atom stereocenters. The highest BCUT2D eigenvalue weighted by molar-refractivity contribution is 6.08. The van der Waals surface area contributed by atoms with Gasteiger partial charge in [-0.25, -0.2) is 59.8 Å². The molecule has 0 bridgehead atoms. The number of rotatable bonds is 16. The van der Waals surface area contributed by atoms with Gasteiger partial charge in [0.15, 0.2) is 69.2 Å². The van der Waals surface area contributed by atoms with Crippen LogP contribution in [0.15, 0.2) is 511 Å². The fourth-order valence-corrected chi connectivity index (χ4v) is 19.2. The van der Waals surface area contributed by atoms with Crippen LogP contribution in [0.1, 0.15) is 0 Å². The molecule has 0 aliphatic rings. The van der Waals surface area contributed by atoms with E-state index in [-0.39, 0.29) is 0 Å². The summed E-state index contributed by atoms with van der Waals surface area (Å²) in [5.74, 6) is 7.49. The molecule has 0 spiro atoms. The third-order valence-corrected chi connectivity index (χ3v) is 26.8. The second-order valence-corrected chi connectivity index (χ2v) is 36.2. The van der Waals surface area contributed by atoms with Crippen LogP contribution in [-0.2, 0) is 0 Å². The lowest BCUT2D eigenvalue weighted by Crippen LogP contribution is -2.00. The Balaban J connectivity index is 0.000000112. The van der Waals surface area contributed by atoms with Crippen LogP contribution in [0.4, 0.5) is 0 Å². The average Bonchev–Trinajstić information content (AvgIpc) is 1.69. The monoisotopic (exact) mass is 1880 g/mol. The van der Waals surface area contributed by atoms with E-state index >= 15 is 0 Å². The molecular formula is C132H82N12O3. The van der Waals surface area contributed by atoms with Gasteiger partial charge in [0.25, 0.3) is 0 Å². The zero-order valence-corrected chi connectivity index (χ0v) is 78.9. The molecule has 15 nitrogen and oxygen atoms in total. The van der Waals surface area contributed by atoms with Crippen LogP contribution in [0.3, 0.4) is 0 Å². The van der Waals surface area contributed by atoms with E-state index in [4.69, 9.17) is 73.1 Å². The van der Waals surface area contributed by atoms with Crippen LogP contribution in [0.2, 0.25) is 0 Å². The Labute approximate surface area is 844 Å². The van der Waals surface area contributed by atoms with Crippen molar-refractivity contribution in [2.45, 2.75) is 0 Å². The number of fused-ring (bicyclic) bond motifs is 12. The molecule has 0 saturated carbocycles. The molecule has 0 saturated heterocycles. The molecule has 15 heteroatoms.